The van der Waals surface area contributed by atoms with Crippen molar-refractivity contribution in [2.45, 2.75) is 25.4 Å². The van der Waals surface area contributed by atoms with Crippen LogP contribution in [0.2, 0.25) is 0 Å². The number of primary amides is 1. The van der Waals surface area contributed by atoms with E-state index in [9.17, 15) is 14.4 Å². The summed E-state index contributed by atoms with van der Waals surface area (Å²) in [5, 5.41) is 2.82. The lowest BCUT2D eigenvalue weighted by molar-refractivity contribution is -0.138. The van der Waals surface area contributed by atoms with Gasteiger partial charge in [0.15, 0.2) is 0 Å². The number of carbonyl (C=O) groups is 3. The number of rotatable bonds is 3. The maximum Gasteiger partial charge on any atom is 0.256 e. The summed E-state index contributed by atoms with van der Waals surface area (Å²) < 4.78 is 5.32. The number of aryl methyl sites for hydroxylation is 1. The summed E-state index contributed by atoms with van der Waals surface area (Å²) in [5.41, 5.74) is 7.61. The van der Waals surface area contributed by atoms with Crippen LogP contribution in [0.15, 0.2) is 18.2 Å². The number of carbonyl (C=O) groups excluding carboxylic acids is 3. The Balaban J connectivity index is 1.84. The van der Waals surface area contributed by atoms with E-state index in [1.807, 2.05) is 12.1 Å². The standard InChI is InChI=1S/C15H17N3O4/c16-13(19)8-12-15(21)18(5-6-22-12)10-3-1-9-2-4-14(20)17-11(9)7-10/h1,3,7,12H,2,4-6,8H2,(H2,16,19)(H,17,20)/t12-/m1/s1. The lowest BCUT2D eigenvalue weighted by atomic mass is 10.0. The van der Waals surface area contributed by atoms with Gasteiger partial charge in [0.05, 0.1) is 13.0 Å². The molecule has 1 aromatic carbocycles. The molecule has 2 aliphatic heterocycles. The van der Waals surface area contributed by atoms with E-state index in [1.165, 1.54) is 0 Å². The number of hydrogen-bond acceptors (Lipinski definition) is 4. The Labute approximate surface area is 127 Å². The molecule has 3 N–H and O–H groups in total. The molecule has 0 aromatic heterocycles. The number of nitrogens with two attached hydrogens (primary N) is 1. The highest BCUT2D eigenvalue weighted by Crippen LogP contribution is 2.29. The van der Waals surface area contributed by atoms with Crippen LogP contribution in [-0.4, -0.2) is 37.0 Å². The largest absolute Gasteiger partial charge is 0.370 e. The summed E-state index contributed by atoms with van der Waals surface area (Å²) in [7, 11) is 0. The molecular weight excluding hydrogens is 286 g/mol. The van der Waals surface area contributed by atoms with Crippen LogP contribution >= 0.6 is 0 Å². The molecule has 0 saturated carbocycles. The third-order valence-corrected chi connectivity index (χ3v) is 3.86. The second-order valence-electron chi connectivity index (χ2n) is 5.41. The van der Waals surface area contributed by atoms with Crippen LogP contribution in [0.3, 0.4) is 0 Å². The van der Waals surface area contributed by atoms with Crippen LogP contribution in [-0.2, 0) is 25.5 Å². The van der Waals surface area contributed by atoms with Gasteiger partial charge in [-0.05, 0) is 24.1 Å². The molecule has 3 rings (SSSR count). The lowest BCUT2D eigenvalue weighted by Crippen LogP contribution is -2.49. The predicted octanol–water partition coefficient (Wildman–Crippen LogP) is 0.178. The van der Waals surface area contributed by atoms with Gasteiger partial charge in [0.1, 0.15) is 6.10 Å². The monoisotopic (exact) mass is 303 g/mol. The summed E-state index contributed by atoms with van der Waals surface area (Å²) in [6.45, 7) is 0.744. The third-order valence-electron chi connectivity index (χ3n) is 3.86. The van der Waals surface area contributed by atoms with Gasteiger partial charge in [-0.15, -0.1) is 0 Å². The molecule has 1 saturated heterocycles. The zero-order valence-corrected chi connectivity index (χ0v) is 12.0. The van der Waals surface area contributed by atoms with Crippen molar-refractivity contribution in [3.8, 4) is 0 Å². The molecule has 116 valence electrons. The quantitative estimate of drug-likeness (QED) is 0.831. The fourth-order valence-electron chi connectivity index (χ4n) is 2.75. The first-order valence-corrected chi connectivity index (χ1v) is 7.18. The first-order chi connectivity index (χ1) is 10.5. The molecule has 0 aliphatic carbocycles. The predicted molar refractivity (Wildman–Crippen MR) is 79.3 cm³/mol. The van der Waals surface area contributed by atoms with E-state index in [2.05, 4.69) is 5.32 Å². The van der Waals surface area contributed by atoms with Gasteiger partial charge in [-0.3, -0.25) is 14.4 Å². The molecule has 0 spiro atoms. The third kappa shape index (κ3) is 2.80. The minimum atomic E-state index is -0.836. The van der Waals surface area contributed by atoms with E-state index in [-0.39, 0.29) is 18.2 Å². The van der Waals surface area contributed by atoms with Gasteiger partial charge in [-0.25, -0.2) is 0 Å². The second kappa shape index (κ2) is 5.76. The van der Waals surface area contributed by atoms with Crippen molar-refractivity contribution in [1.29, 1.82) is 0 Å². The van der Waals surface area contributed by atoms with Gasteiger partial charge in [-0.2, -0.15) is 0 Å². The van der Waals surface area contributed by atoms with Crippen LogP contribution in [0.1, 0.15) is 18.4 Å². The molecule has 7 heteroatoms. The smallest absolute Gasteiger partial charge is 0.256 e. The Morgan fingerprint density at radius 3 is 2.95 bits per heavy atom. The van der Waals surface area contributed by atoms with E-state index in [1.54, 1.807) is 11.0 Å². The Morgan fingerprint density at radius 2 is 2.18 bits per heavy atom. The van der Waals surface area contributed by atoms with Crippen molar-refractivity contribution < 1.29 is 19.1 Å². The van der Waals surface area contributed by atoms with Crippen LogP contribution in [0.5, 0.6) is 0 Å². The topological polar surface area (TPSA) is 102 Å². The van der Waals surface area contributed by atoms with Crippen molar-refractivity contribution in [3.05, 3.63) is 23.8 Å². The fourth-order valence-corrected chi connectivity index (χ4v) is 2.75. The summed E-state index contributed by atoms with van der Waals surface area (Å²) in [6.07, 6.45) is 0.209. The second-order valence-corrected chi connectivity index (χ2v) is 5.41. The van der Waals surface area contributed by atoms with Crippen LogP contribution < -0.4 is 16.0 Å². The summed E-state index contributed by atoms with van der Waals surface area (Å²) in [6, 6.07) is 5.55. The van der Waals surface area contributed by atoms with Crippen molar-refractivity contribution in [2.75, 3.05) is 23.4 Å². The van der Waals surface area contributed by atoms with E-state index >= 15 is 0 Å². The Bertz CT molecular complexity index is 644. The highest BCUT2D eigenvalue weighted by atomic mass is 16.5. The molecule has 7 nitrogen and oxygen atoms in total. The Kier molecular flexibility index (Phi) is 3.81. The maximum absolute atomic E-state index is 12.4. The highest BCUT2D eigenvalue weighted by Gasteiger charge is 2.32. The minimum Gasteiger partial charge on any atom is -0.370 e. The van der Waals surface area contributed by atoms with Crippen LogP contribution in [0.4, 0.5) is 11.4 Å². The van der Waals surface area contributed by atoms with Gasteiger partial charge in [0, 0.05) is 24.3 Å². The summed E-state index contributed by atoms with van der Waals surface area (Å²) in [4.78, 5) is 36.5. The highest BCUT2D eigenvalue weighted by molar-refractivity contribution is 6.01. The SMILES string of the molecule is NC(=O)C[C@H]1OCCN(c2ccc3c(c2)NC(=O)CC3)C1=O. The molecule has 22 heavy (non-hydrogen) atoms. The average molecular weight is 303 g/mol. The first kappa shape index (κ1) is 14.5. The zero-order chi connectivity index (χ0) is 15.7. The fraction of sp³-hybridized carbons (Fsp3) is 0.400. The van der Waals surface area contributed by atoms with Crippen molar-refractivity contribution in [2.24, 2.45) is 5.73 Å². The number of nitrogens with one attached hydrogen (secondary N) is 1. The number of morpholine rings is 1. The molecule has 1 atom stereocenters. The number of fused-ring (bicyclic) bond motifs is 1. The normalized spacial score (nSPS) is 21.3. The van der Waals surface area contributed by atoms with Gasteiger partial charge in [0.2, 0.25) is 11.8 Å². The number of benzene rings is 1. The number of amides is 3. The van der Waals surface area contributed by atoms with Crippen molar-refractivity contribution in [3.63, 3.8) is 0 Å². The number of anilines is 2. The molecule has 3 amide bonds. The van der Waals surface area contributed by atoms with E-state index in [0.29, 0.717) is 31.7 Å². The number of ether oxygens (including phenoxy) is 1. The van der Waals surface area contributed by atoms with Crippen molar-refractivity contribution >= 4 is 29.1 Å². The molecular formula is C15H17N3O4. The van der Waals surface area contributed by atoms with Gasteiger partial charge in [0.25, 0.3) is 5.91 Å². The lowest BCUT2D eigenvalue weighted by Gasteiger charge is -2.32. The number of hydrogen-bond donors (Lipinski definition) is 2. The maximum atomic E-state index is 12.4. The van der Waals surface area contributed by atoms with Gasteiger partial charge < -0.3 is 20.7 Å². The molecule has 0 unspecified atom stereocenters. The molecule has 1 fully saturated rings. The molecule has 0 radical (unpaired) electrons. The average Bonchev–Trinajstić information content (AvgIpc) is 2.48. The number of nitrogens with zero attached hydrogens (tertiary/aromatic N) is 1. The van der Waals surface area contributed by atoms with Crippen molar-refractivity contribution in [1.82, 2.24) is 0 Å². The first-order valence-electron chi connectivity index (χ1n) is 7.18. The van der Waals surface area contributed by atoms with Crippen LogP contribution in [0.25, 0.3) is 0 Å². The van der Waals surface area contributed by atoms with Gasteiger partial charge in [-0.1, -0.05) is 6.07 Å². The van der Waals surface area contributed by atoms with E-state index < -0.39 is 12.0 Å². The minimum absolute atomic E-state index is 0.0236. The van der Waals surface area contributed by atoms with Gasteiger partial charge >= 0.3 is 0 Å². The Hall–Kier alpha value is -2.41. The zero-order valence-electron chi connectivity index (χ0n) is 12.0. The molecule has 2 heterocycles. The Morgan fingerprint density at radius 1 is 1.36 bits per heavy atom. The van der Waals surface area contributed by atoms with Crippen LogP contribution in [0, 0.1) is 0 Å². The molecule has 0 bridgehead atoms. The summed E-state index contributed by atoms with van der Waals surface area (Å²) >= 11 is 0. The van der Waals surface area contributed by atoms with E-state index in [0.717, 1.165) is 11.3 Å². The van der Waals surface area contributed by atoms with E-state index in [4.69, 9.17) is 10.5 Å². The molecule has 1 aromatic rings. The molecule has 2 aliphatic rings. The summed E-state index contributed by atoms with van der Waals surface area (Å²) in [5.74, 6) is -0.880.